The summed E-state index contributed by atoms with van der Waals surface area (Å²) in [6, 6.07) is 7.39. The number of H-pyrrole nitrogens is 1. The summed E-state index contributed by atoms with van der Waals surface area (Å²) in [6.07, 6.45) is 0. The summed E-state index contributed by atoms with van der Waals surface area (Å²) in [6.45, 7) is 3.62. The predicted molar refractivity (Wildman–Crippen MR) is 95.3 cm³/mol. The maximum Gasteiger partial charge on any atom is 0.271 e. The van der Waals surface area contributed by atoms with Crippen LogP contribution in [0.4, 0.5) is 5.13 Å². The van der Waals surface area contributed by atoms with E-state index in [1.54, 1.807) is 0 Å². The highest BCUT2D eigenvalue weighted by atomic mass is 32.2. The van der Waals surface area contributed by atoms with Gasteiger partial charge in [-0.15, -0.1) is 10.2 Å². The average molecular weight is 361 g/mol. The molecule has 9 heteroatoms. The number of aromatic nitrogens is 4. The van der Waals surface area contributed by atoms with Crippen LogP contribution in [-0.2, 0) is 10.5 Å². The Balaban J connectivity index is 1.70. The number of amides is 1. The molecule has 3 rings (SSSR count). The molecule has 0 fully saturated rings. The van der Waals surface area contributed by atoms with E-state index < -0.39 is 0 Å². The first-order valence-electron chi connectivity index (χ1n) is 7.28. The topological polar surface area (TPSA) is 101 Å². The Labute approximate surface area is 145 Å². The Morgan fingerprint density at radius 1 is 1.33 bits per heavy atom. The standard InChI is InChI=1S/C15H15N5O2S2/c1-8(2)12(21)18-14-19-20-15(24-14)23-7-11-13(22)17-10-6-4-3-5-9(10)16-11/h3-6,8H,7H2,1-2H3,(H,17,22)(H,18,19,21). The van der Waals surface area contributed by atoms with Gasteiger partial charge >= 0.3 is 0 Å². The van der Waals surface area contributed by atoms with Crippen LogP contribution in [0.5, 0.6) is 0 Å². The fourth-order valence-corrected chi connectivity index (χ4v) is 3.55. The highest BCUT2D eigenvalue weighted by molar-refractivity contribution is 8.00. The molecular formula is C15H15N5O2S2. The van der Waals surface area contributed by atoms with E-state index in [0.29, 0.717) is 26.4 Å². The highest BCUT2D eigenvalue weighted by Gasteiger charge is 2.12. The van der Waals surface area contributed by atoms with Gasteiger partial charge in [-0.1, -0.05) is 49.1 Å². The maximum absolute atomic E-state index is 12.1. The Hall–Kier alpha value is -2.26. The SMILES string of the molecule is CC(C)C(=O)Nc1nnc(SCc2nc3ccccc3[nH]c2=O)s1. The number of hydrogen-bond donors (Lipinski definition) is 2. The van der Waals surface area contributed by atoms with E-state index in [1.165, 1.54) is 23.1 Å². The molecule has 1 aromatic carbocycles. The molecule has 0 spiro atoms. The third kappa shape index (κ3) is 3.80. The van der Waals surface area contributed by atoms with Gasteiger partial charge in [0.1, 0.15) is 5.69 Å². The fourth-order valence-electron chi connectivity index (χ4n) is 1.86. The summed E-state index contributed by atoms with van der Waals surface area (Å²) in [5.74, 6) is 0.160. The van der Waals surface area contributed by atoms with E-state index >= 15 is 0 Å². The molecule has 0 atom stereocenters. The number of hydrogen-bond acceptors (Lipinski definition) is 7. The van der Waals surface area contributed by atoms with Crippen molar-refractivity contribution in [2.75, 3.05) is 5.32 Å². The number of rotatable bonds is 5. The lowest BCUT2D eigenvalue weighted by molar-refractivity contribution is -0.118. The number of nitrogens with zero attached hydrogens (tertiary/aromatic N) is 3. The van der Waals surface area contributed by atoms with Crippen LogP contribution in [0.15, 0.2) is 33.4 Å². The van der Waals surface area contributed by atoms with Crippen molar-refractivity contribution in [2.45, 2.75) is 23.9 Å². The van der Waals surface area contributed by atoms with Crippen LogP contribution < -0.4 is 10.9 Å². The van der Waals surface area contributed by atoms with Gasteiger partial charge in [-0.3, -0.25) is 9.59 Å². The number of carbonyl (C=O) groups is 1. The molecule has 0 bridgehead atoms. The minimum atomic E-state index is -0.209. The molecule has 2 heterocycles. The number of nitrogens with one attached hydrogen (secondary N) is 2. The van der Waals surface area contributed by atoms with Crippen LogP contribution in [0.2, 0.25) is 0 Å². The third-order valence-electron chi connectivity index (χ3n) is 3.16. The van der Waals surface area contributed by atoms with E-state index in [1.807, 2.05) is 38.1 Å². The predicted octanol–water partition coefficient (Wildman–Crippen LogP) is 2.66. The summed E-state index contributed by atoms with van der Waals surface area (Å²) < 4.78 is 0.670. The lowest BCUT2D eigenvalue weighted by Gasteiger charge is -2.02. The molecule has 0 saturated heterocycles. The van der Waals surface area contributed by atoms with Crippen LogP contribution in [0.25, 0.3) is 11.0 Å². The molecule has 0 aliphatic carbocycles. The molecule has 0 radical (unpaired) electrons. The monoisotopic (exact) mass is 361 g/mol. The zero-order valence-electron chi connectivity index (χ0n) is 13.1. The summed E-state index contributed by atoms with van der Waals surface area (Å²) in [7, 11) is 0. The molecule has 24 heavy (non-hydrogen) atoms. The molecule has 0 aliphatic rings. The number of benzene rings is 1. The van der Waals surface area contributed by atoms with Crippen LogP contribution in [0.3, 0.4) is 0 Å². The van der Waals surface area contributed by atoms with Gasteiger partial charge in [0, 0.05) is 11.7 Å². The first-order valence-corrected chi connectivity index (χ1v) is 9.08. The smallest absolute Gasteiger partial charge is 0.271 e. The Morgan fingerprint density at radius 3 is 2.92 bits per heavy atom. The number of carbonyl (C=O) groups excluding carboxylic acids is 1. The van der Waals surface area contributed by atoms with Crippen molar-refractivity contribution in [3.63, 3.8) is 0 Å². The van der Waals surface area contributed by atoms with E-state index in [9.17, 15) is 9.59 Å². The molecule has 7 nitrogen and oxygen atoms in total. The van der Waals surface area contributed by atoms with E-state index in [0.717, 1.165) is 5.52 Å². The van der Waals surface area contributed by atoms with Gasteiger partial charge < -0.3 is 10.3 Å². The van der Waals surface area contributed by atoms with Crippen molar-refractivity contribution in [3.05, 3.63) is 40.3 Å². The van der Waals surface area contributed by atoms with Crippen molar-refractivity contribution in [3.8, 4) is 0 Å². The minimum Gasteiger partial charge on any atom is -0.319 e. The first-order chi connectivity index (χ1) is 11.5. The number of aromatic amines is 1. The normalized spacial score (nSPS) is 11.1. The summed E-state index contributed by atoms with van der Waals surface area (Å²) in [4.78, 5) is 30.9. The van der Waals surface area contributed by atoms with Gasteiger partial charge in [0.05, 0.1) is 11.0 Å². The second kappa shape index (κ2) is 7.10. The van der Waals surface area contributed by atoms with Crippen LogP contribution in [0.1, 0.15) is 19.5 Å². The van der Waals surface area contributed by atoms with Gasteiger partial charge in [-0.2, -0.15) is 0 Å². The third-order valence-corrected chi connectivity index (χ3v) is 5.15. The summed E-state index contributed by atoms with van der Waals surface area (Å²) >= 11 is 2.64. The molecule has 2 aromatic heterocycles. The number of anilines is 1. The van der Waals surface area contributed by atoms with E-state index in [2.05, 4.69) is 25.5 Å². The highest BCUT2D eigenvalue weighted by Crippen LogP contribution is 2.27. The molecule has 124 valence electrons. The van der Waals surface area contributed by atoms with E-state index in [4.69, 9.17) is 0 Å². The molecule has 0 saturated carbocycles. The number of fused-ring (bicyclic) bond motifs is 1. The lowest BCUT2D eigenvalue weighted by atomic mass is 10.2. The number of thioether (sulfide) groups is 1. The van der Waals surface area contributed by atoms with Crippen LogP contribution in [0, 0.1) is 5.92 Å². The molecule has 0 unspecified atom stereocenters. The zero-order valence-corrected chi connectivity index (χ0v) is 14.7. The van der Waals surface area contributed by atoms with Crippen molar-refractivity contribution in [2.24, 2.45) is 5.92 Å². The Morgan fingerprint density at radius 2 is 2.12 bits per heavy atom. The Kier molecular flexibility index (Phi) is 4.91. The quantitative estimate of drug-likeness (QED) is 0.535. The second-order valence-electron chi connectivity index (χ2n) is 5.34. The average Bonchev–Trinajstić information content (AvgIpc) is 3.00. The maximum atomic E-state index is 12.1. The van der Waals surface area contributed by atoms with Gasteiger partial charge in [0.15, 0.2) is 4.34 Å². The van der Waals surface area contributed by atoms with Crippen molar-refractivity contribution in [1.29, 1.82) is 0 Å². The largest absolute Gasteiger partial charge is 0.319 e. The van der Waals surface area contributed by atoms with Crippen LogP contribution >= 0.6 is 23.1 Å². The molecule has 3 aromatic rings. The second-order valence-corrected chi connectivity index (χ2v) is 7.54. The zero-order chi connectivity index (χ0) is 17.1. The molecule has 1 amide bonds. The molecule has 2 N–H and O–H groups in total. The van der Waals surface area contributed by atoms with Crippen molar-refractivity contribution < 1.29 is 4.79 Å². The minimum absolute atomic E-state index is 0.102. The first kappa shape index (κ1) is 16.6. The molecule has 0 aliphatic heterocycles. The summed E-state index contributed by atoms with van der Waals surface area (Å²) in [5, 5.41) is 11.1. The molecular weight excluding hydrogens is 346 g/mol. The van der Waals surface area contributed by atoms with Gasteiger partial charge in [-0.05, 0) is 12.1 Å². The van der Waals surface area contributed by atoms with Gasteiger partial charge in [-0.25, -0.2) is 4.98 Å². The van der Waals surface area contributed by atoms with Crippen LogP contribution in [-0.4, -0.2) is 26.1 Å². The Bertz CT molecular complexity index is 935. The van der Waals surface area contributed by atoms with Gasteiger partial charge in [0.2, 0.25) is 11.0 Å². The van der Waals surface area contributed by atoms with Crippen molar-refractivity contribution in [1.82, 2.24) is 20.2 Å². The van der Waals surface area contributed by atoms with Crippen molar-refractivity contribution >= 4 is 45.2 Å². The number of para-hydroxylation sites is 2. The fraction of sp³-hybridized carbons (Fsp3) is 0.267. The van der Waals surface area contributed by atoms with E-state index in [-0.39, 0.29) is 17.4 Å². The summed E-state index contributed by atoms with van der Waals surface area (Å²) in [5.41, 5.74) is 1.68. The lowest BCUT2D eigenvalue weighted by Crippen LogP contribution is -2.17. The van der Waals surface area contributed by atoms with Gasteiger partial charge in [0.25, 0.3) is 5.56 Å².